The normalized spacial score (nSPS) is 10.7. The Hall–Kier alpha value is -1.08. The molecule has 0 aromatic carbocycles. The van der Waals surface area contributed by atoms with Gasteiger partial charge in [0.25, 0.3) is 0 Å². The van der Waals surface area contributed by atoms with Crippen molar-refractivity contribution in [2.45, 2.75) is 31.2 Å². The summed E-state index contributed by atoms with van der Waals surface area (Å²) >= 11 is 0. The molecule has 0 atom stereocenters. The summed E-state index contributed by atoms with van der Waals surface area (Å²) in [7, 11) is 0. The van der Waals surface area contributed by atoms with Crippen LogP contribution in [0.1, 0.15) is 25.7 Å². The first-order valence-corrected chi connectivity index (χ1v) is 5.48. The Kier molecular flexibility index (Phi) is 7.65. The van der Waals surface area contributed by atoms with Crippen molar-refractivity contribution in [3.63, 3.8) is 0 Å². The minimum absolute atomic E-state index is 0.133. The predicted octanol–water partition coefficient (Wildman–Crippen LogP) is 3.62. The molecule has 1 heteroatoms. The zero-order valence-corrected chi connectivity index (χ0v) is 9.67. The van der Waals surface area contributed by atoms with Crippen molar-refractivity contribution in [2.75, 3.05) is 6.54 Å². The summed E-state index contributed by atoms with van der Waals surface area (Å²) in [5.74, 6) is 0. The van der Waals surface area contributed by atoms with Crippen LogP contribution in [0.5, 0.6) is 0 Å². The Balaban J connectivity index is 4.15. The van der Waals surface area contributed by atoms with Gasteiger partial charge in [0.05, 0.1) is 5.54 Å². The molecule has 0 saturated heterocycles. The van der Waals surface area contributed by atoms with Crippen LogP contribution in [0, 0.1) is 0 Å². The average Bonchev–Trinajstić information content (AvgIpc) is 2.28. The molecule has 0 aliphatic carbocycles. The number of hydrogen-bond acceptors (Lipinski definition) is 1. The van der Waals surface area contributed by atoms with Crippen molar-refractivity contribution in [1.82, 2.24) is 5.32 Å². The molecule has 0 unspecified atom stereocenters. The van der Waals surface area contributed by atoms with E-state index in [0.29, 0.717) is 0 Å². The van der Waals surface area contributed by atoms with Gasteiger partial charge in [0.1, 0.15) is 0 Å². The highest BCUT2D eigenvalue weighted by Crippen LogP contribution is 2.17. The monoisotopic (exact) mass is 205 g/mol. The van der Waals surface area contributed by atoms with Gasteiger partial charge >= 0.3 is 0 Å². The van der Waals surface area contributed by atoms with Gasteiger partial charge in [-0.2, -0.15) is 0 Å². The van der Waals surface area contributed by atoms with E-state index in [0.717, 1.165) is 32.2 Å². The highest BCUT2D eigenvalue weighted by Gasteiger charge is 2.19. The third-order valence-corrected chi connectivity index (χ3v) is 2.53. The van der Waals surface area contributed by atoms with E-state index in [2.05, 4.69) is 31.6 Å². The standard InChI is InChI=1S/C14H23N/c1-5-9-11-12-14(7-3,8-4)15-13-10-6-2/h5-8,15H,1-4,9-13H2. The average molecular weight is 205 g/mol. The van der Waals surface area contributed by atoms with Gasteiger partial charge in [-0.1, -0.05) is 24.3 Å². The van der Waals surface area contributed by atoms with Gasteiger partial charge in [0.15, 0.2) is 0 Å². The summed E-state index contributed by atoms with van der Waals surface area (Å²) in [6, 6.07) is 0. The maximum Gasteiger partial charge on any atom is 0.0545 e. The Labute approximate surface area is 94.3 Å². The molecule has 0 radical (unpaired) electrons. The molecule has 0 aliphatic heterocycles. The lowest BCUT2D eigenvalue weighted by Crippen LogP contribution is -2.41. The summed E-state index contributed by atoms with van der Waals surface area (Å²) < 4.78 is 0. The zero-order valence-electron chi connectivity index (χ0n) is 9.67. The fourth-order valence-electron chi connectivity index (χ4n) is 1.47. The molecule has 0 aromatic heterocycles. The first-order chi connectivity index (χ1) is 7.24. The summed E-state index contributed by atoms with van der Waals surface area (Å²) in [6.45, 7) is 16.1. The number of nitrogens with one attached hydrogen (secondary N) is 1. The largest absolute Gasteiger partial charge is 0.304 e. The maximum absolute atomic E-state index is 3.88. The van der Waals surface area contributed by atoms with Crippen LogP contribution < -0.4 is 5.32 Å². The third-order valence-electron chi connectivity index (χ3n) is 2.53. The number of allylic oxidation sites excluding steroid dienone is 1. The Morgan fingerprint density at radius 3 is 2.00 bits per heavy atom. The summed E-state index contributed by atoms with van der Waals surface area (Å²) in [4.78, 5) is 0. The lowest BCUT2D eigenvalue weighted by molar-refractivity contribution is 0.447. The van der Waals surface area contributed by atoms with Crippen LogP contribution in [-0.2, 0) is 0 Å². The summed E-state index contributed by atoms with van der Waals surface area (Å²) in [5, 5.41) is 3.45. The molecule has 0 bridgehead atoms. The van der Waals surface area contributed by atoms with Crippen LogP contribution in [0.25, 0.3) is 0 Å². The van der Waals surface area contributed by atoms with Crippen molar-refractivity contribution in [2.24, 2.45) is 0 Å². The van der Waals surface area contributed by atoms with E-state index in [9.17, 15) is 0 Å². The predicted molar refractivity (Wildman–Crippen MR) is 70.0 cm³/mol. The molecule has 0 saturated carbocycles. The summed E-state index contributed by atoms with van der Waals surface area (Å²) in [6.07, 6.45) is 11.8. The molecule has 15 heavy (non-hydrogen) atoms. The molecule has 0 rings (SSSR count). The van der Waals surface area contributed by atoms with Crippen molar-refractivity contribution in [1.29, 1.82) is 0 Å². The molecule has 0 heterocycles. The Morgan fingerprint density at radius 1 is 0.933 bits per heavy atom. The Morgan fingerprint density at radius 2 is 1.53 bits per heavy atom. The third kappa shape index (κ3) is 5.38. The van der Waals surface area contributed by atoms with E-state index in [1.807, 2.05) is 24.3 Å². The molecule has 0 amide bonds. The van der Waals surface area contributed by atoms with E-state index < -0.39 is 0 Å². The van der Waals surface area contributed by atoms with Crippen LogP contribution in [0.4, 0.5) is 0 Å². The van der Waals surface area contributed by atoms with Gasteiger partial charge in [-0.25, -0.2) is 0 Å². The van der Waals surface area contributed by atoms with Crippen LogP contribution in [0.2, 0.25) is 0 Å². The van der Waals surface area contributed by atoms with E-state index >= 15 is 0 Å². The van der Waals surface area contributed by atoms with Gasteiger partial charge in [-0.3, -0.25) is 0 Å². The molecule has 0 aliphatic rings. The van der Waals surface area contributed by atoms with Gasteiger partial charge in [-0.15, -0.1) is 26.3 Å². The molecule has 1 nitrogen and oxygen atoms in total. The highest BCUT2D eigenvalue weighted by molar-refractivity contribution is 5.14. The number of unbranched alkanes of at least 4 members (excludes halogenated alkanes) is 1. The van der Waals surface area contributed by atoms with Gasteiger partial charge in [0.2, 0.25) is 0 Å². The molecule has 84 valence electrons. The smallest absolute Gasteiger partial charge is 0.0545 e. The maximum atomic E-state index is 3.88. The van der Waals surface area contributed by atoms with Crippen molar-refractivity contribution in [3.8, 4) is 0 Å². The molecule has 0 aromatic rings. The van der Waals surface area contributed by atoms with Crippen molar-refractivity contribution < 1.29 is 0 Å². The fraction of sp³-hybridized carbons (Fsp3) is 0.429. The minimum Gasteiger partial charge on any atom is -0.304 e. The van der Waals surface area contributed by atoms with Crippen molar-refractivity contribution >= 4 is 0 Å². The molecule has 0 spiro atoms. The second kappa shape index (κ2) is 8.25. The first kappa shape index (κ1) is 13.9. The summed E-state index contributed by atoms with van der Waals surface area (Å²) in [5.41, 5.74) is -0.133. The van der Waals surface area contributed by atoms with Crippen molar-refractivity contribution in [3.05, 3.63) is 50.6 Å². The molecule has 0 fully saturated rings. The first-order valence-electron chi connectivity index (χ1n) is 5.48. The molecule has 1 N–H and O–H groups in total. The van der Waals surface area contributed by atoms with E-state index in [1.54, 1.807) is 0 Å². The van der Waals surface area contributed by atoms with Crippen LogP contribution in [0.3, 0.4) is 0 Å². The lowest BCUT2D eigenvalue weighted by atomic mass is 9.92. The van der Waals surface area contributed by atoms with Gasteiger partial charge < -0.3 is 5.32 Å². The number of hydrogen-bond donors (Lipinski definition) is 1. The van der Waals surface area contributed by atoms with Crippen LogP contribution in [-0.4, -0.2) is 12.1 Å². The van der Waals surface area contributed by atoms with E-state index in [1.165, 1.54) is 0 Å². The van der Waals surface area contributed by atoms with Crippen LogP contribution in [0.15, 0.2) is 50.6 Å². The molecular formula is C14H23N. The SMILES string of the molecule is C=CCCCC(C=C)(C=C)NCCC=C. The quantitative estimate of drug-likeness (QED) is 0.424. The van der Waals surface area contributed by atoms with E-state index in [4.69, 9.17) is 0 Å². The fourth-order valence-corrected chi connectivity index (χ4v) is 1.47. The second-order valence-corrected chi connectivity index (χ2v) is 3.63. The van der Waals surface area contributed by atoms with Gasteiger partial charge in [-0.05, 0) is 32.2 Å². The topological polar surface area (TPSA) is 12.0 Å². The number of rotatable bonds is 10. The van der Waals surface area contributed by atoms with E-state index in [-0.39, 0.29) is 5.54 Å². The van der Waals surface area contributed by atoms with Gasteiger partial charge in [0, 0.05) is 0 Å². The minimum atomic E-state index is -0.133. The Bertz CT molecular complexity index is 191. The molecular weight excluding hydrogens is 182 g/mol. The lowest BCUT2D eigenvalue weighted by Gasteiger charge is -2.28. The highest BCUT2D eigenvalue weighted by atomic mass is 15.0. The zero-order chi connectivity index (χ0) is 11.6. The second-order valence-electron chi connectivity index (χ2n) is 3.63. The van der Waals surface area contributed by atoms with Crippen LogP contribution >= 0.6 is 0 Å².